The second-order valence-corrected chi connectivity index (χ2v) is 5.07. The molecule has 0 bridgehead atoms. The number of carbonyl (C=O) groups is 1. The van der Waals surface area contributed by atoms with Gasteiger partial charge in [-0.05, 0) is 43.0 Å². The number of amides is 1. The third-order valence-corrected chi connectivity index (χ3v) is 3.63. The van der Waals surface area contributed by atoms with Gasteiger partial charge >= 0.3 is 0 Å². The number of halogens is 1. The van der Waals surface area contributed by atoms with Crippen molar-refractivity contribution >= 4 is 29.4 Å². The van der Waals surface area contributed by atoms with Gasteiger partial charge in [0.1, 0.15) is 11.5 Å². The SMILES string of the molecule is O=C1N=C2N=C3CCCC3=NN2C1=Cc1ccc(F)cc1. The summed E-state index contributed by atoms with van der Waals surface area (Å²) in [6, 6.07) is 5.91. The first-order valence-electron chi connectivity index (χ1n) is 6.76. The molecule has 0 radical (unpaired) electrons. The molecule has 2 heterocycles. The molecular formula is C15H11FN4O. The number of rotatable bonds is 1. The van der Waals surface area contributed by atoms with Gasteiger partial charge in [0.05, 0.1) is 11.4 Å². The van der Waals surface area contributed by atoms with Crippen LogP contribution < -0.4 is 0 Å². The first-order chi connectivity index (χ1) is 10.2. The zero-order chi connectivity index (χ0) is 14.4. The summed E-state index contributed by atoms with van der Waals surface area (Å²) < 4.78 is 12.9. The van der Waals surface area contributed by atoms with Crippen LogP contribution in [0.2, 0.25) is 0 Å². The van der Waals surface area contributed by atoms with Gasteiger partial charge in [-0.3, -0.25) is 4.79 Å². The minimum absolute atomic E-state index is 0.315. The molecule has 104 valence electrons. The summed E-state index contributed by atoms with van der Waals surface area (Å²) in [4.78, 5) is 20.4. The Kier molecular flexibility index (Phi) is 2.57. The molecule has 4 rings (SSSR count). The standard InChI is InChI=1S/C15H11FN4O/c16-10-6-4-9(5-7-10)8-13-14(21)18-15-17-11-2-1-3-12(11)19-20(13)15/h4-8H,1-3H2. The molecule has 1 amide bonds. The summed E-state index contributed by atoms with van der Waals surface area (Å²) in [6.07, 6.45) is 4.44. The zero-order valence-electron chi connectivity index (χ0n) is 11.1. The van der Waals surface area contributed by atoms with E-state index in [1.807, 2.05) is 0 Å². The molecule has 0 N–H and O–H groups in total. The van der Waals surface area contributed by atoms with E-state index in [9.17, 15) is 9.18 Å². The molecular weight excluding hydrogens is 271 g/mol. The second kappa shape index (κ2) is 4.44. The summed E-state index contributed by atoms with van der Waals surface area (Å²) in [5.41, 5.74) is 2.92. The van der Waals surface area contributed by atoms with Gasteiger partial charge in [-0.15, -0.1) is 0 Å². The van der Waals surface area contributed by atoms with Crippen molar-refractivity contribution in [2.45, 2.75) is 19.3 Å². The Hall–Kier alpha value is -2.63. The topological polar surface area (TPSA) is 57.4 Å². The van der Waals surface area contributed by atoms with Gasteiger partial charge < -0.3 is 0 Å². The normalized spacial score (nSPS) is 22.0. The number of hydrazone groups is 1. The Bertz CT molecular complexity index is 758. The molecule has 1 aromatic rings. The molecule has 0 atom stereocenters. The van der Waals surface area contributed by atoms with Gasteiger partial charge in [0.15, 0.2) is 0 Å². The number of hydrogen-bond donors (Lipinski definition) is 0. The first-order valence-corrected chi connectivity index (χ1v) is 6.76. The van der Waals surface area contributed by atoms with Crippen LogP contribution >= 0.6 is 0 Å². The highest BCUT2D eigenvalue weighted by molar-refractivity contribution is 6.46. The maximum absolute atomic E-state index is 12.9. The summed E-state index contributed by atoms with van der Waals surface area (Å²) in [5.74, 6) is -0.359. The van der Waals surface area contributed by atoms with Crippen molar-refractivity contribution in [1.29, 1.82) is 0 Å². The average Bonchev–Trinajstić information content (AvgIpc) is 3.03. The fourth-order valence-electron chi connectivity index (χ4n) is 2.59. The van der Waals surface area contributed by atoms with E-state index in [2.05, 4.69) is 15.1 Å². The predicted octanol–water partition coefficient (Wildman–Crippen LogP) is 2.36. The molecule has 1 fully saturated rings. The predicted molar refractivity (Wildman–Crippen MR) is 77.4 cm³/mol. The second-order valence-electron chi connectivity index (χ2n) is 5.07. The molecule has 0 spiro atoms. The monoisotopic (exact) mass is 282 g/mol. The van der Waals surface area contributed by atoms with Gasteiger partial charge in [-0.2, -0.15) is 15.1 Å². The van der Waals surface area contributed by atoms with Gasteiger partial charge in [-0.25, -0.2) is 9.38 Å². The lowest BCUT2D eigenvalue weighted by atomic mass is 10.2. The Labute approximate surface area is 120 Å². The Balaban J connectivity index is 1.73. The van der Waals surface area contributed by atoms with Gasteiger partial charge in [0.25, 0.3) is 11.9 Å². The number of guanidine groups is 1. The fourth-order valence-corrected chi connectivity index (χ4v) is 2.59. The van der Waals surface area contributed by atoms with Crippen molar-refractivity contribution in [3.63, 3.8) is 0 Å². The van der Waals surface area contributed by atoms with Crippen molar-refractivity contribution < 1.29 is 9.18 Å². The van der Waals surface area contributed by atoms with Gasteiger partial charge in [0.2, 0.25) is 0 Å². The lowest BCUT2D eigenvalue weighted by molar-refractivity contribution is -0.114. The molecule has 1 aromatic carbocycles. The number of aliphatic imine (C=N–C) groups is 2. The quantitative estimate of drug-likeness (QED) is 0.742. The number of hydrogen-bond acceptors (Lipinski definition) is 4. The van der Waals surface area contributed by atoms with Crippen LogP contribution in [0.4, 0.5) is 4.39 Å². The molecule has 0 unspecified atom stereocenters. The van der Waals surface area contributed by atoms with E-state index >= 15 is 0 Å². The highest BCUT2D eigenvalue weighted by Gasteiger charge is 2.35. The van der Waals surface area contributed by atoms with Crippen molar-refractivity contribution in [2.24, 2.45) is 15.1 Å². The molecule has 0 aromatic heterocycles. The lowest BCUT2D eigenvalue weighted by Crippen LogP contribution is -2.28. The van der Waals surface area contributed by atoms with E-state index in [1.54, 1.807) is 18.2 Å². The van der Waals surface area contributed by atoms with E-state index in [4.69, 9.17) is 0 Å². The number of fused-ring (bicyclic) bond motifs is 2. The fraction of sp³-hybridized carbons (Fsp3) is 0.200. The zero-order valence-corrected chi connectivity index (χ0v) is 11.1. The van der Waals surface area contributed by atoms with E-state index < -0.39 is 0 Å². The van der Waals surface area contributed by atoms with Crippen LogP contribution in [0.15, 0.2) is 45.0 Å². The van der Waals surface area contributed by atoms with Crippen LogP contribution in [0.1, 0.15) is 24.8 Å². The molecule has 0 saturated heterocycles. The molecule has 1 saturated carbocycles. The largest absolute Gasteiger partial charge is 0.299 e. The smallest absolute Gasteiger partial charge is 0.265 e. The van der Waals surface area contributed by atoms with E-state index in [-0.39, 0.29) is 11.7 Å². The summed E-state index contributed by atoms with van der Waals surface area (Å²) in [5, 5.41) is 5.96. The van der Waals surface area contributed by atoms with Crippen molar-refractivity contribution in [2.75, 3.05) is 0 Å². The maximum atomic E-state index is 12.9. The van der Waals surface area contributed by atoms with Crippen LogP contribution in [-0.2, 0) is 4.79 Å². The minimum Gasteiger partial charge on any atom is -0.265 e. The Morgan fingerprint density at radius 1 is 1.10 bits per heavy atom. The highest BCUT2D eigenvalue weighted by atomic mass is 19.1. The van der Waals surface area contributed by atoms with Crippen LogP contribution in [-0.4, -0.2) is 28.3 Å². The molecule has 3 aliphatic rings. The number of carbonyl (C=O) groups excluding carboxylic acids is 1. The average molecular weight is 282 g/mol. The van der Waals surface area contributed by atoms with Crippen molar-refractivity contribution in [3.8, 4) is 0 Å². The van der Waals surface area contributed by atoms with Crippen molar-refractivity contribution in [3.05, 3.63) is 41.3 Å². The van der Waals surface area contributed by atoms with Crippen molar-refractivity contribution in [1.82, 2.24) is 5.01 Å². The Morgan fingerprint density at radius 2 is 1.86 bits per heavy atom. The first kappa shape index (κ1) is 12.1. The summed E-state index contributed by atoms with van der Waals surface area (Å²) in [6.45, 7) is 0. The van der Waals surface area contributed by atoms with E-state index in [0.717, 1.165) is 36.2 Å². The third-order valence-electron chi connectivity index (χ3n) is 3.63. The third kappa shape index (κ3) is 1.99. The maximum Gasteiger partial charge on any atom is 0.299 e. The minimum atomic E-state index is -0.372. The van der Waals surface area contributed by atoms with Gasteiger partial charge in [0, 0.05) is 0 Å². The summed E-state index contributed by atoms with van der Waals surface area (Å²) in [7, 11) is 0. The summed E-state index contributed by atoms with van der Waals surface area (Å²) >= 11 is 0. The van der Waals surface area contributed by atoms with Crippen LogP contribution in [0.25, 0.3) is 6.08 Å². The molecule has 6 heteroatoms. The number of nitrogens with zero attached hydrogens (tertiary/aromatic N) is 4. The lowest BCUT2D eigenvalue weighted by Gasteiger charge is -2.18. The van der Waals surface area contributed by atoms with Crippen LogP contribution in [0.5, 0.6) is 0 Å². The molecule has 2 aliphatic heterocycles. The van der Waals surface area contributed by atoms with Gasteiger partial charge in [-0.1, -0.05) is 12.1 Å². The molecule has 5 nitrogen and oxygen atoms in total. The molecule has 21 heavy (non-hydrogen) atoms. The van der Waals surface area contributed by atoms with E-state index in [0.29, 0.717) is 11.7 Å². The van der Waals surface area contributed by atoms with E-state index in [1.165, 1.54) is 17.1 Å². The highest BCUT2D eigenvalue weighted by Crippen LogP contribution is 2.27. The van der Waals surface area contributed by atoms with Crippen LogP contribution in [0, 0.1) is 5.82 Å². The number of benzene rings is 1. The molecule has 1 aliphatic carbocycles. The Morgan fingerprint density at radius 3 is 2.67 bits per heavy atom. The van der Waals surface area contributed by atoms with Crippen LogP contribution in [0.3, 0.4) is 0 Å².